The van der Waals surface area contributed by atoms with Gasteiger partial charge in [0.05, 0.1) is 6.61 Å². The Morgan fingerprint density at radius 3 is 2.46 bits per heavy atom. The van der Waals surface area contributed by atoms with Crippen LogP contribution in [0, 0.1) is 0 Å². The van der Waals surface area contributed by atoms with E-state index in [2.05, 4.69) is 10.1 Å². The molecule has 0 fully saturated rings. The maximum absolute atomic E-state index is 11.7. The molecule has 8 heteroatoms. The first kappa shape index (κ1) is 17.3. The van der Waals surface area contributed by atoms with Gasteiger partial charge in [0, 0.05) is 23.9 Å². The molecule has 0 saturated carbocycles. The summed E-state index contributed by atoms with van der Waals surface area (Å²) in [6, 6.07) is 4.95. The second-order valence-corrected chi connectivity index (χ2v) is 4.60. The quantitative estimate of drug-likeness (QED) is 0.613. The van der Waals surface area contributed by atoms with E-state index >= 15 is 0 Å². The zero-order chi connectivity index (χ0) is 17.4. The van der Waals surface area contributed by atoms with E-state index in [4.69, 9.17) is 14.2 Å². The minimum Gasteiger partial charge on any atom is -0.486 e. The number of fused-ring (bicyclic) bond motifs is 1. The third kappa shape index (κ3) is 5.31. The van der Waals surface area contributed by atoms with Crippen LogP contribution < -0.4 is 14.8 Å². The summed E-state index contributed by atoms with van der Waals surface area (Å²) in [5.41, 5.74) is 0.488. The van der Waals surface area contributed by atoms with Gasteiger partial charge >= 0.3 is 11.9 Å². The third-order valence-corrected chi connectivity index (χ3v) is 2.81. The van der Waals surface area contributed by atoms with Gasteiger partial charge in [-0.2, -0.15) is 0 Å². The highest BCUT2D eigenvalue weighted by molar-refractivity contribution is 5.95. The first-order valence-corrected chi connectivity index (χ1v) is 7.29. The molecule has 0 radical (unpaired) electrons. The van der Waals surface area contributed by atoms with E-state index in [1.165, 1.54) is 0 Å². The standard InChI is InChI=1S/C16H17NO7/c1-2-21-15(19)5-6-16(20)24-10-14(18)17-11-3-4-12-13(9-11)23-8-7-22-12/h3-6,9H,2,7-8,10H2,1H3,(H,17,18)/b6-5+. The average Bonchev–Trinajstić information content (AvgIpc) is 2.58. The highest BCUT2D eigenvalue weighted by atomic mass is 16.6. The van der Waals surface area contributed by atoms with Crippen molar-refractivity contribution in [1.29, 1.82) is 0 Å². The molecule has 0 aliphatic carbocycles. The van der Waals surface area contributed by atoms with Gasteiger partial charge in [0.2, 0.25) is 0 Å². The van der Waals surface area contributed by atoms with Crippen molar-refractivity contribution in [2.75, 3.05) is 31.7 Å². The lowest BCUT2D eigenvalue weighted by Crippen LogP contribution is -2.21. The van der Waals surface area contributed by atoms with Crippen molar-refractivity contribution in [3.63, 3.8) is 0 Å². The molecule has 1 amide bonds. The van der Waals surface area contributed by atoms with Crippen LogP contribution in [0.15, 0.2) is 30.4 Å². The minimum atomic E-state index is -0.819. The SMILES string of the molecule is CCOC(=O)/C=C/C(=O)OCC(=O)Nc1ccc2c(c1)OCCO2. The van der Waals surface area contributed by atoms with E-state index in [0.717, 1.165) is 12.2 Å². The number of anilines is 1. The summed E-state index contributed by atoms with van der Waals surface area (Å²) < 4.78 is 20.1. The van der Waals surface area contributed by atoms with Gasteiger partial charge in [-0.1, -0.05) is 0 Å². The lowest BCUT2D eigenvalue weighted by atomic mass is 10.2. The van der Waals surface area contributed by atoms with Gasteiger partial charge in [0.15, 0.2) is 18.1 Å². The predicted octanol–water partition coefficient (Wildman–Crippen LogP) is 1.06. The number of hydrogen-bond acceptors (Lipinski definition) is 7. The van der Waals surface area contributed by atoms with Crippen molar-refractivity contribution in [3.8, 4) is 11.5 Å². The molecule has 1 aliphatic rings. The fourth-order valence-corrected chi connectivity index (χ4v) is 1.83. The van der Waals surface area contributed by atoms with Crippen LogP contribution in [0.1, 0.15) is 6.92 Å². The average molecular weight is 335 g/mol. The van der Waals surface area contributed by atoms with Crippen LogP contribution in [0.3, 0.4) is 0 Å². The summed E-state index contributed by atoms with van der Waals surface area (Å²) in [7, 11) is 0. The molecular formula is C16H17NO7. The number of carbonyl (C=O) groups excluding carboxylic acids is 3. The first-order chi connectivity index (χ1) is 11.6. The lowest BCUT2D eigenvalue weighted by Gasteiger charge is -2.18. The van der Waals surface area contributed by atoms with Crippen LogP contribution in [-0.2, 0) is 23.9 Å². The summed E-state index contributed by atoms with van der Waals surface area (Å²) in [6.45, 7) is 2.28. The number of rotatable bonds is 6. The Morgan fingerprint density at radius 1 is 1.08 bits per heavy atom. The second-order valence-electron chi connectivity index (χ2n) is 4.60. The van der Waals surface area contributed by atoms with E-state index in [0.29, 0.717) is 30.4 Å². The molecule has 24 heavy (non-hydrogen) atoms. The maximum Gasteiger partial charge on any atom is 0.331 e. The summed E-state index contributed by atoms with van der Waals surface area (Å²) >= 11 is 0. The Balaban J connectivity index is 1.79. The molecule has 0 spiro atoms. The first-order valence-electron chi connectivity index (χ1n) is 7.29. The number of amides is 1. The van der Waals surface area contributed by atoms with Crippen molar-refractivity contribution in [3.05, 3.63) is 30.4 Å². The molecule has 1 N–H and O–H groups in total. The molecular weight excluding hydrogens is 318 g/mol. The smallest absolute Gasteiger partial charge is 0.331 e. The van der Waals surface area contributed by atoms with Crippen molar-refractivity contribution in [2.24, 2.45) is 0 Å². The van der Waals surface area contributed by atoms with Crippen LogP contribution in [0.25, 0.3) is 0 Å². The molecule has 0 atom stereocenters. The van der Waals surface area contributed by atoms with E-state index in [9.17, 15) is 14.4 Å². The molecule has 0 saturated heterocycles. The zero-order valence-corrected chi connectivity index (χ0v) is 13.1. The van der Waals surface area contributed by atoms with Crippen LogP contribution >= 0.6 is 0 Å². The molecule has 8 nitrogen and oxygen atoms in total. The van der Waals surface area contributed by atoms with Gasteiger partial charge in [-0.25, -0.2) is 9.59 Å². The topological polar surface area (TPSA) is 100 Å². The van der Waals surface area contributed by atoms with Crippen molar-refractivity contribution in [1.82, 2.24) is 0 Å². The lowest BCUT2D eigenvalue weighted by molar-refractivity contribution is -0.143. The number of carbonyl (C=O) groups is 3. The Labute approximate surface area is 138 Å². The fourth-order valence-electron chi connectivity index (χ4n) is 1.83. The monoisotopic (exact) mass is 335 g/mol. The largest absolute Gasteiger partial charge is 0.486 e. The van der Waals surface area contributed by atoms with E-state index in [1.807, 2.05) is 0 Å². The Kier molecular flexibility index (Phi) is 6.18. The van der Waals surface area contributed by atoms with Gasteiger partial charge in [-0.3, -0.25) is 4.79 Å². The molecule has 1 aromatic carbocycles. The molecule has 2 rings (SSSR count). The van der Waals surface area contributed by atoms with Gasteiger partial charge < -0.3 is 24.3 Å². The van der Waals surface area contributed by atoms with Crippen LogP contribution in [0.4, 0.5) is 5.69 Å². The number of hydrogen-bond donors (Lipinski definition) is 1. The van der Waals surface area contributed by atoms with Crippen molar-refractivity contribution < 1.29 is 33.3 Å². The number of benzene rings is 1. The normalized spacial score (nSPS) is 12.5. The summed E-state index contributed by atoms with van der Waals surface area (Å²) in [5, 5.41) is 2.57. The molecule has 1 heterocycles. The van der Waals surface area contributed by atoms with Gasteiger partial charge in [0.25, 0.3) is 5.91 Å². The second kappa shape index (κ2) is 8.56. The molecule has 1 aromatic rings. The van der Waals surface area contributed by atoms with E-state index < -0.39 is 24.5 Å². The molecule has 0 bridgehead atoms. The van der Waals surface area contributed by atoms with Crippen LogP contribution in [0.2, 0.25) is 0 Å². The molecule has 128 valence electrons. The van der Waals surface area contributed by atoms with Crippen LogP contribution in [0.5, 0.6) is 11.5 Å². The summed E-state index contributed by atoms with van der Waals surface area (Å²) in [5.74, 6) is -0.858. The summed E-state index contributed by atoms with van der Waals surface area (Å²) in [6.07, 6.45) is 1.83. The number of ether oxygens (including phenoxy) is 4. The van der Waals surface area contributed by atoms with Gasteiger partial charge in [-0.15, -0.1) is 0 Å². The summed E-state index contributed by atoms with van der Waals surface area (Å²) in [4.78, 5) is 34.1. The highest BCUT2D eigenvalue weighted by Gasteiger charge is 2.13. The van der Waals surface area contributed by atoms with E-state index in [-0.39, 0.29) is 6.61 Å². The molecule has 0 aromatic heterocycles. The maximum atomic E-state index is 11.7. The van der Waals surface area contributed by atoms with Gasteiger partial charge in [0.1, 0.15) is 13.2 Å². The Morgan fingerprint density at radius 2 is 1.75 bits per heavy atom. The van der Waals surface area contributed by atoms with E-state index in [1.54, 1.807) is 25.1 Å². The predicted molar refractivity (Wildman–Crippen MR) is 82.8 cm³/mol. The Hall–Kier alpha value is -3.03. The highest BCUT2D eigenvalue weighted by Crippen LogP contribution is 2.32. The third-order valence-electron chi connectivity index (χ3n) is 2.81. The zero-order valence-electron chi connectivity index (χ0n) is 13.1. The molecule has 0 unspecified atom stereocenters. The molecule has 1 aliphatic heterocycles. The Bertz CT molecular complexity index is 654. The van der Waals surface area contributed by atoms with Crippen LogP contribution in [-0.4, -0.2) is 44.3 Å². The van der Waals surface area contributed by atoms with Crippen molar-refractivity contribution >= 4 is 23.5 Å². The number of esters is 2. The minimum absolute atomic E-state index is 0.205. The fraction of sp³-hybridized carbons (Fsp3) is 0.312. The van der Waals surface area contributed by atoms with Crippen molar-refractivity contribution in [2.45, 2.75) is 6.92 Å². The number of nitrogens with one attached hydrogen (secondary N) is 1. The van der Waals surface area contributed by atoms with Gasteiger partial charge in [-0.05, 0) is 19.1 Å².